The second-order valence-corrected chi connectivity index (χ2v) is 0.641. The number of nitrogens with zero attached hydrogens (tertiary/aromatic N) is 1. The molecule has 0 fully saturated rings. The summed E-state index contributed by atoms with van der Waals surface area (Å²) in [4.78, 5) is 12.9. The minimum atomic E-state index is -0.819. The molecule has 0 aromatic carbocycles. The maximum Gasteiger partial charge on any atom is 0.294 e. The molecule has 45 valence electrons. The van der Waals surface area contributed by atoms with E-state index in [1.54, 1.807) is 6.92 Å². The predicted molar refractivity (Wildman–Crippen MR) is 18.6 cm³/mol. The number of hydrogen-bond donors (Lipinski definition) is 0. The molecule has 0 atom stereocenters. The average Bonchev–Trinajstić information content (AvgIpc) is 1.35. The van der Waals surface area contributed by atoms with Crippen LogP contribution in [0.3, 0.4) is 0 Å². The third kappa shape index (κ3) is 10.7. The molecule has 0 saturated heterocycles. The Labute approximate surface area is 71.8 Å². The number of hydrogen-bond acceptors (Lipinski definition) is 3. The SMILES string of the molecule is CCO[N+](=O)[O-].[Tb]. The van der Waals surface area contributed by atoms with Crippen molar-refractivity contribution in [3.63, 3.8) is 0 Å². The summed E-state index contributed by atoms with van der Waals surface area (Å²) >= 11 is 0. The summed E-state index contributed by atoms with van der Waals surface area (Å²) in [6, 6.07) is 0. The van der Waals surface area contributed by atoms with Crippen molar-refractivity contribution >= 4 is 0 Å². The van der Waals surface area contributed by atoms with Crippen molar-refractivity contribution < 1.29 is 48.5 Å². The molecular formula is C2H5NO3Tb. The zero-order valence-corrected chi connectivity index (χ0v) is 5.85. The van der Waals surface area contributed by atoms with E-state index in [2.05, 4.69) is 4.84 Å². The van der Waals surface area contributed by atoms with E-state index in [1.807, 2.05) is 0 Å². The van der Waals surface area contributed by atoms with Gasteiger partial charge in [-0.25, -0.2) is 0 Å². The molecule has 7 heavy (non-hydrogen) atoms. The van der Waals surface area contributed by atoms with Gasteiger partial charge in [0.1, 0.15) is 0 Å². The minimum Gasteiger partial charge on any atom is -0.314 e. The van der Waals surface area contributed by atoms with Gasteiger partial charge in [0.25, 0.3) is 5.09 Å². The van der Waals surface area contributed by atoms with Crippen LogP contribution in [0.1, 0.15) is 6.92 Å². The van der Waals surface area contributed by atoms with Crippen molar-refractivity contribution in [1.82, 2.24) is 0 Å². The molecule has 0 saturated carbocycles. The Balaban J connectivity index is 0. The summed E-state index contributed by atoms with van der Waals surface area (Å²) in [5, 5.41) is 8.36. The van der Waals surface area contributed by atoms with Crippen LogP contribution < -0.4 is 0 Å². The van der Waals surface area contributed by atoms with E-state index in [4.69, 9.17) is 0 Å². The van der Waals surface area contributed by atoms with Gasteiger partial charge in [0.05, 0.1) is 6.61 Å². The van der Waals surface area contributed by atoms with Gasteiger partial charge in [-0.05, 0) is 6.92 Å². The van der Waals surface area contributed by atoms with Gasteiger partial charge in [0.2, 0.25) is 0 Å². The Bertz CT molecular complexity index is 56.9. The van der Waals surface area contributed by atoms with Gasteiger partial charge in [-0.2, -0.15) is 0 Å². The summed E-state index contributed by atoms with van der Waals surface area (Å²) in [5.74, 6) is 0. The second kappa shape index (κ2) is 6.49. The van der Waals surface area contributed by atoms with Crippen LogP contribution in [0.2, 0.25) is 0 Å². The second-order valence-electron chi connectivity index (χ2n) is 0.641. The first-order chi connectivity index (χ1) is 2.77. The van der Waals surface area contributed by atoms with E-state index in [1.165, 1.54) is 0 Å². The maximum atomic E-state index is 9.18. The molecule has 0 bridgehead atoms. The first-order valence-corrected chi connectivity index (χ1v) is 1.54. The molecular weight excluding hydrogens is 245 g/mol. The molecule has 0 amide bonds. The van der Waals surface area contributed by atoms with Crippen LogP contribution in [-0.4, -0.2) is 11.7 Å². The van der Waals surface area contributed by atoms with Gasteiger partial charge in [-0.15, -0.1) is 10.1 Å². The van der Waals surface area contributed by atoms with Crippen LogP contribution in [0.4, 0.5) is 0 Å². The predicted octanol–water partition coefficient (Wildman–Crippen LogP) is 0.215. The van der Waals surface area contributed by atoms with Crippen molar-refractivity contribution in [3.05, 3.63) is 10.1 Å². The molecule has 0 spiro atoms. The Morgan fingerprint density at radius 2 is 2.29 bits per heavy atom. The van der Waals surface area contributed by atoms with Crippen LogP contribution in [-0.2, 0) is 4.84 Å². The molecule has 0 aliphatic heterocycles. The summed E-state index contributed by atoms with van der Waals surface area (Å²) < 4.78 is 0. The molecule has 0 rings (SSSR count). The fourth-order valence-corrected chi connectivity index (χ4v) is 0.105. The van der Waals surface area contributed by atoms with Gasteiger partial charge in [-0.3, -0.25) is 0 Å². The van der Waals surface area contributed by atoms with Crippen LogP contribution in [0.15, 0.2) is 0 Å². The zero-order valence-electron chi connectivity index (χ0n) is 3.71. The normalized spacial score (nSPS) is 6.43. The van der Waals surface area contributed by atoms with Crippen molar-refractivity contribution in [2.75, 3.05) is 6.61 Å². The Hall–Kier alpha value is 0.486. The van der Waals surface area contributed by atoms with Gasteiger partial charge in [0.15, 0.2) is 0 Å². The first kappa shape index (κ1) is 10.5. The summed E-state index contributed by atoms with van der Waals surface area (Å²) in [6.45, 7) is 1.69. The van der Waals surface area contributed by atoms with Crippen molar-refractivity contribution in [3.8, 4) is 0 Å². The van der Waals surface area contributed by atoms with Gasteiger partial charge in [0, 0.05) is 38.6 Å². The van der Waals surface area contributed by atoms with E-state index in [0.717, 1.165) is 0 Å². The summed E-state index contributed by atoms with van der Waals surface area (Å²) in [7, 11) is 0. The summed E-state index contributed by atoms with van der Waals surface area (Å²) in [5.41, 5.74) is 0. The quantitative estimate of drug-likeness (QED) is 0.520. The minimum absolute atomic E-state index is 0. The topological polar surface area (TPSA) is 52.4 Å². The van der Waals surface area contributed by atoms with Crippen LogP contribution in [0.25, 0.3) is 0 Å². The van der Waals surface area contributed by atoms with Gasteiger partial charge < -0.3 is 4.84 Å². The standard InChI is InChI=1S/C2H5NO3.Tb/c1-2-6-3(4)5;/h2H2,1H3;. The smallest absolute Gasteiger partial charge is 0.294 e. The molecule has 0 aromatic rings. The molecule has 0 unspecified atom stereocenters. The van der Waals surface area contributed by atoms with E-state index < -0.39 is 5.09 Å². The van der Waals surface area contributed by atoms with E-state index in [9.17, 15) is 10.1 Å². The molecule has 0 aliphatic rings. The first-order valence-electron chi connectivity index (χ1n) is 1.54. The summed E-state index contributed by atoms with van der Waals surface area (Å²) in [6.07, 6.45) is 0. The molecule has 0 N–H and O–H groups in total. The fraction of sp³-hybridized carbons (Fsp3) is 1.00. The molecule has 1 radical (unpaired) electrons. The molecule has 5 heteroatoms. The third-order valence-corrected chi connectivity index (χ3v) is 0.235. The van der Waals surface area contributed by atoms with E-state index >= 15 is 0 Å². The Morgan fingerprint density at radius 3 is 2.29 bits per heavy atom. The van der Waals surface area contributed by atoms with Gasteiger partial charge in [-0.1, -0.05) is 0 Å². The van der Waals surface area contributed by atoms with Crippen LogP contribution in [0.5, 0.6) is 0 Å². The Kier molecular flexibility index (Phi) is 9.69. The molecule has 4 nitrogen and oxygen atoms in total. The molecule has 0 aromatic heterocycles. The monoisotopic (exact) mass is 250 g/mol. The molecule has 0 heterocycles. The maximum absolute atomic E-state index is 9.18. The average molecular weight is 250 g/mol. The van der Waals surface area contributed by atoms with Crippen LogP contribution >= 0.6 is 0 Å². The van der Waals surface area contributed by atoms with Crippen molar-refractivity contribution in [2.24, 2.45) is 0 Å². The van der Waals surface area contributed by atoms with Gasteiger partial charge >= 0.3 is 0 Å². The number of rotatable bonds is 2. The van der Waals surface area contributed by atoms with Crippen LogP contribution in [0, 0.1) is 48.7 Å². The van der Waals surface area contributed by atoms with E-state index in [0.29, 0.717) is 0 Å². The third-order valence-electron chi connectivity index (χ3n) is 0.235. The van der Waals surface area contributed by atoms with Crippen molar-refractivity contribution in [1.29, 1.82) is 0 Å². The fourth-order valence-electron chi connectivity index (χ4n) is 0.105. The molecule has 0 aliphatic carbocycles. The van der Waals surface area contributed by atoms with E-state index in [-0.39, 0.29) is 45.2 Å². The Morgan fingerprint density at radius 1 is 1.86 bits per heavy atom. The largest absolute Gasteiger partial charge is 0.314 e. The zero-order chi connectivity index (χ0) is 4.99. The van der Waals surface area contributed by atoms with Crippen molar-refractivity contribution in [2.45, 2.75) is 6.92 Å².